The third kappa shape index (κ3) is 4.09. The molecule has 0 saturated heterocycles. The standard InChI is InChI=1S/C9H18O4S/c1-4-5-8(9(10)11)14(12,13)6-7(2)3/h7-8H,4-6H2,1-3H3,(H,10,11). The molecule has 1 unspecified atom stereocenters. The molecular formula is C9H18O4S. The number of carbonyl (C=O) groups is 1. The molecule has 0 spiro atoms. The van der Waals surface area contributed by atoms with Crippen LogP contribution in [0.15, 0.2) is 0 Å². The van der Waals surface area contributed by atoms with E-state index >= 15 is 0 Å². The van der Waals surface area contributed by atoms with E-state index in [0.29, 0.717) is 6.42 Å². The summed E-state index contributed by atoms with van der Waals surface area (Å²) in [6.45, 7) is 5.31. The van der Waals surface area contributed by atoms with Crippen LogP contribution in [0.1, 0.15) is 33.6 Å². The van der Waals surface area contributed by atoms with Crippen molar-refractivity contribution in [2.75, 3.05) is 5.75 Å². The fourth-order valence-corrected chi connectivity index (χ4v) is 3.36. The van der Waals surface area contributed by atoms with E-state index in [1.807, 2.05) is 0 Å². The van der Waals surface area contributed by atoms with Gasteiger partial charge < -0.3 is 5.11 Å². The van der Waals surface area contributed by atoms with Crippen molar-refractivity contribution < 1.29 is 18.3 Å². The maximum Gasteiger partial charge on any atom is 0.321 e. The van der Waals surface area contributed by atoms with Crippen molar-refractivity contribution >= 4 is 15.8 Å². The molecule has 0 aliphatic heterocycles. The molecule has 5 heteroatoms. The smallest absolute Gasteiger partial charge is 0.321 e. The zero-order chi connectivity index (χ0) is 11.4. The van der Waals surface area contributed by atoms with Crippen molar-refractivity contribution in [2.45, 2.75) is 38.9 Å². The van der Waals surface area contributed by atoms with Crippen molar-refractivity contribution in [1.29, 1.82) is 0 Å². The van der Waals surface area contributed by atoms with Crippen molar-refractivity contribution in [3.05, 3.63) is 0 Å². The Morgan fingerprint density at radius 1 is 1.36 bits per heavy atom. The van der Waals surface area contributed by atoms with Gasteiger partial charge >= 0.3 is 5.97 Å². The lowest BCUT2D eigenvalue weighted by molar-refractivity contribution is -0.136. The maximum atomic E-state index is 11.6. The second-order valence-corrected chi connectivity index (χ2v) is 6.07. The van der Waals surface area contributed by atoms with Gasteiger partial charge in [0.15, 0.2) is 15.1 Å². The van der Waals surface area contributed by atoms with Gasteiger partial charge in [-0.15, -0.1) is 0 Å². The van der Waals surface area contributed by atoms with Crippen LogP contribution in [0, 0.1) is 5.92 Å². The highest BCUT2D eigenvalue weighted by molar-refractivity contribution is 7.92. The van der Waals surface area contributed by atoms with Crippen LogP contribution in [0.4, 0.5) is 0 Å². The van der Waals surface area contributed by atoms with E-state index in [1.54, 1.807) is 20.8 Å². The first-order chi connectivity index (χ1) is 6.31. The number of carboxylic acids is 1. The Morgan fingerprint density at radius 3 is 2.14 bits per heavy atom. The van der Waals surface area contributed by atoms with Gasteiger partial charge in [-0.25, -0.2) is 8.42 Å². The van der Waals surface area contributed by atoms with Crippen molar-refractivity contribution in [2.24, 2.45) is 5.92 Å². The fraction of sp³-hybridized carbons (Fsp3) is 0.889. The Balaban J connectivity index is 4.72. The molecule has 14 heavy (non-hydrogen) atoms. The van der Waals surface area contributed by atoms with Gasteiger partial charge in [0.2, 0.25) is 0 Å². The van der Waals surface area contributed by atoms with Crippen LogP contribution in [-0.2, 0) is 14.6 Å². The van der Waals surface area contributed by atoms with E-state index in [2.05, 4.69) is 0 Å². The van der Waals surface area contributed by atoms with Gasteiger partial charge in [-0.1, -0.05) is 27.2 Å². The molecule has 84 valence electrons. The molecule has 0 aliphatic rings. The number of aliphatic carboxylic acids is 1. The maximum absolute atomic E-state index is 11.6. The minimum atomic E-state index is -3.48. The Kier molecular flexibility index (Phi) is 5.12. The molecule has 0 heterocycles. The number of carboxylic acid groups (broad SMARTS) is 1. The van der Waals surface area contributed by atoms with Crippen LogP contribution in [-0.4, -0.2) is 30.5 Å². The van der Waals surface area contributed by atoms with Gasteiger partial charge in [0.1, 0.15) is 0 Å². The summed E-state index contributed by atoms with van der Waals surface area (Å²) in [5, 5.41) is 7.55. The first-order valence-corrected chi connectivity index (χ1v) is 6.47. The molecule has 0 aromatic rings. The zero-order valence-corrected chi connectivity index (χ0v) is 9.67. The summed E-state index contributed by atoms with van der Waals surface area (Å²) in [4.78, 5) is 10.7. The first kappa shape index (κ1) is 13.4. The van der Waals surface area contributed by atoms with E-state index in [9.17, 15) is 13.2 Å². The molecule has 4 nitrogen and oxygen atoms in total. The summed E-state index contributed by atoms with van der Waals surface area (Å²) >= 11 is 0. The van der Waals surface area contributed by atoms with Crippen LogP contribution >= 0.6 is 0 Å². The molecule has 0 rings (SSSR count). The molecule has 0 aliphatic carbocycles. The first-order valence-electron chi connectivity index (χ1n) is 4.75. The van der Waals surface area contributed by atoms with Crippen molar-refractivity contribution in [1.82, 2.24) is 0 Å². The molecule has 0 fully saturated rings. The Labute approximate surface area is 85.2 Å². The average molecular weight is 222 g/mol. The van der Waals surface area contributed by atoms with Gasteiger partial charge in [0, 0.05) is 0 Å². The van der Waals surface area contributed by atoms with Crippen LogP contribution in [0.5, 0.6) is 0 Å². The fourth-order valence-electron chi connectivity index (χ4n) is 1.30. The minimum Gasteiger partial charge on any atom is -0.480 e. The van der Waals surface area contributed by atoms with E-state index in [0.717, 1.165) is 0 Å². The van der Waals surface area contributed by atoms with E-state index < -0.39 is 21.1 Å². The quantitative estimate of drug-likeness (QED) is 0.735. The zero-order valence-electron chi connectivity index (χ0n) is 8.86. The summed E-state index contributed by atoms with van der Waals surface area (Å²) in [6.07, 6.45) is 0.763. The third-order valence-electron chi connectivity index (χ3n) is 1.83. The van der Waals surface area contributed by atoms with E-state index in [4.69, 9.17) is 5.11 Å². The van der Waals surface area contributed by atoms with Crippen molar-refractivity contribution in [3.8, 4) is 0 Å². The topological polar surface area (TPSA) is 71.4 Å². The predicted molar refractivity (Wildman–Crippen MR) is 55.0 cm³/mol. The number of sulfone groups is 1. The minimum absolute atomic E-state index is 0.0290. The highest BCUT2D eigenvalue weighted by Gasteiger charge is 2.31. The van der Waals surface area contributed by atoms with Gasteiger partial charge in [-0.05, 0) is 12.3 Å². The second kappa shape index (κ2) is 5.34. The van der Waals surface area contributed by atoms with Crippen LogP contribution in [0.25, 0.3) is 0 Å². The molecule has 0 aromatic carbocycles. The summed E-state index contributed by atoms with van der Waals surface area (Å²) in [6, 6.07) is 0. The van der Waals surface area contributed by atoms with E-state index in [-0.39, 0.29) is 18.1 Å². The predicted octanol–water partition coefficient (Wildman–Crippen LogP) is 1.31. The molecule has 0 aromatic heterocycles. The molecule has 1 N–H and O–H groups in total. The SMILES string of the molecule is CCCC(C(=O)O)S(=O)(=O)CC(C)C. The highest BCUT2D eigenvalue weighted by atomic mass is 32.2. The second-order valence-electron chi connectivity index (χ2n) is 3.84. The molecular weight excluding hydrogens is 204 g/mol. The lowest BCUT2D eigenvalue weighted by Crippen LogP contribution is -2.33. The Morgan fingerprint density at radius 2 is 1.86 bits per heavy atom. The lowest BCUT2D eigenvalue weighted by atomic mass is 10.2. The number of hydrogen-bond acceptors (Lipinski definition) is 3. The summed E-state index contributed by atoms with van der Waals surface area (Å²) in [5.41, 5.74) is 0. The monoisotopic (exact) mass is 222 g/mol. The molecule has 1 atom stereocenters. The molecule has 0 saturated carbocycles. The van der Waals surface area contributed by atoms with Gasteiger partial charge in [0.25, 0.3) is 0 Å². The molecule has 0 radical (unpaired) electrons. The summed E-state index contributed by atoms with van der Waals surface area (Å²) < 4.78 is 23.2. The summed E-state index contributed by atoms with van der Waals surface area (Å²) in [5.74, 6) is -1.31. The van der Waals surface area contributed by atoms with Crippen LogP contribution < -0.4 is 0 Å². The molecule has 0 amide bonds. The largest absolute Gasteiger partial charge is 0.480 e. The van der Waals surface area contributed by atoms with Gasteiger partial charge in [-0.2, -0.15) is 0 Å². The molecule has 0 bridgehead atoms. The van der Waals surface area contributed by atoms with Gasteiger partial charge in [-0.3, -0.25) is 4.79 Å². The summed E-state index contributed by atoms with van der Waals surface area (Å²) in [7, 11) is -3.48. The van der Waals surface area contributed by atoms with Crippen molar-refractivity contribution in [3.63, 3.8) is 0 Å². The average Bonchev–Trinajstić information content (AvgIpc) is 1.96. The highest BCUT2D eigenvalue weighted by Crippen LogP contribution is 2.13. The number of rotatable bonds is 6. The third-order valence-corrected chi connectivity index (χ3v) is 4.26. The van der Waals surface area contributed by atoms with Crippen LogP contribution in [0.2, 0.25) is 0 Å². The van der Waals surface area contributed by atoms with Gasteiger partial charge in [0.05, 0.1) is 5.75 Å². The Hall–Kier alpha value is -0.580. The number of hydrogen-bond donors (Lipinski definition) is 1. The van der Waals surface area contributed by atoms with Crippen LogP contribution in [0.3, 0.4) is 0 Å². The normalized spacial score (nSPS) is 14.3. The lowest BCUT2D eigenvalue weighted by Gasteiger charge is -2.13. The Bertz CT molecular complexity index is 279. The van der Waals surface area contributed by atoms with E-state index in [1.165, 1.54) is 0 Å².